The minimum Gasteiger partial charge on any atom is -0.467 e. The maximum Gasteiger partial charge on any atom is 0.322 e. The fourth-order valence-electron chi connectivity index (χ4n) is 3.87. The highest BCUT2D eigenvalue weighted by Crippen LogP contribution is 2.38. The number of carbonyl (C=O) groups is 1. The number of urea groups is 1. The molecule has 2 aromatic carbocycles. The second-order valence-corrected chi connectivity index (χ2v) is 7.89. The number of halogens is 1. The predicted octanol–water partition coefficient (Wildman–Crippen LogP) is 5.47. The molecule has 2 aromatic heterocycles. The fourth-order valence-corrected chi connectivity index (χ4v) is 3.87. The summed E-state index contributed by atoms with van der Waals surface area (Å²) in [5.41, 5.74) is 3.93. The van der Waals surface area contributed by atoms with Crippen LogP contribution in [0.3, 0.4) is 0 Å². The van der Waals surface area contributed by atoms with Gasteiger partial charge in [-0.05, 0) is 43.7 Å². The van der Waals surface area contributed by atoms with Crippen LogP contribution in [-0.4, -0.2) is 21.1 Å². The SMILES string of the molecule is CC1=C(c2nc(-c3ccc(C)cc3)no2)C(c2ccc(F)cc2)NC(=O)N1Cc1ccco1. The second-order valence-electron chi connectivity index (χ2n) is 7.89. The molecule has 0 bridgehead atoms. The Morgan fingerprint density at radius 1 is 1.06 bits per heavy atom. The number of carbonyl (C=O) groups excluding carboxylic acids is 1. The molecule has 1 aliphatic rings. The van der Waals surface area contributed by atoms with E-state index in [1.165, 1.54) is 12.1 Å². The minimum absolute atomic E-state index is 0.239. The van der Waals surface area contributed by atoms with Crippen LogP contribution >= 0.6 is 0 Å². The van der Waals surface area contributed by atoms with Gasteiger partial charge in [-0.15, -0.1) is 0 Å². The van der Waals surface area contributed by atoms with Gasteiger partial charge in [-0.2, -0.15) is 4.98 Å². The van der Waals surface area contributed by atoms with Crippen molar-refractivity contribution in [2.75, 3.05) is 0 Å². The van der Waals surface area contributed by atoms with Gasteiger partial charge in [-0.25, -0.2) is 9.18 Å². The number of aromatic nitrogens is 2. The summed E-state index contributed by atoms with van der Waals surface area (Å²) in [4.78, 5) is 19.2. The molecule has 0 aliphatic carbocycles. The van der Waals surface area contributed by atoms with Crippen molar-refractivity contribution in [1.82, 2.24) is 20.4 Å². The Kier molecular flexibility index (Phi) is 5.26. The number of amides is 2. The van der Waals surface area contributed by atoms with Crippen molar-refractivity contribution in [3.05, 3.63) is 101 Å². The third-order valence-electron chi connectivity index (χ3n) is 5.66. The lowest BCUT2D eigenvalue weighted by Crippen LogP contribution is -2.45. The summed E-state index contributed by atoms with van der Waals surface area (Å²) in [5, 5.41) is 7.15. The number of aryl methyl sites for hydroxylation is 1. The van der Waals surface area contributed by atoms with E-state index < -0.39 is 6.04 Å². The summed E-state index contributed by atoms with van der Waals surface area (Å²) in [7, 11) is 0. The molecule has 1 unspecified atom stereocenters. The van der Waals surface area contributed by atoms with Crippen LogP contribution in [0.25, 0.3) is 17.0 Å². The van der Waals surface area contributed by atoms with E-state index in [9.17, 15) is 9.18 Å². The molecule has 1 N–H and O–H groups in total. The van der Waals surface area contributed by atoms with Crippen LogP contribution in [0.15, 0.2) is 81.6 Å². The quantitative estimate of drug-likeness (QED) is 0.441. The smallest absolute Gasteiger partial charge is 0.322 e. The maximum atomic E-state index is 13.6. The van der Waals surface area contributed by atoms with E-state index in [0.29, 0.717) is 28.4 Å². The first-order valence-corrected chi connectivity index (χ1v) is 10.5. The van der Waals surface area contributed by atoms with E-state index >= 15 is 0 Å². The van der Waals surface area contributed by atoms with Crippen LogP contribution in [0.2, 0.25) is 0 Å². The van der Waals surface area contributed by atoms with Crippen LogP contribution < -0.4 is 5.32 Å². The van der Waals surface area contributed by atoms with E-state index in [1.807, 2.05) is 38.1 Å². The van der Waals surface area contributed by atoms with Gasteiger partial charge in [0.25, 0.3) is 5.89 Å². The first-order valence-electron chi connectivity index (χ1n) is 10.5. The van der Waals surface area contributed by atoms with Gasteiger partial charge in [0.2, 0.25) is 5.82 Å². The lowest BCUT2D eigenvalue weighted by Gasteiger charge is -2.34. The molecule has 0 spiro atoms. The van der Waals surface area contributed by atoms with E-state index in [1.54, 1.807) is 35.4 Å². The minimum atomic E-state index is -0.586. The third-order valence-corrected chi connectivity index (χ3v) is 5.66. The Morgan fingerprint density at radius 3 is 2.52 bits per heavy atom. The highest BCUT2D eigenvalue weighted by molar-refractivity contribution is 5.86. The van der Waals surface area contributed by atoms with Gasteiger partial charge in [0.15, 0.2) is 0 Å². The summed E-state index contributed by atoms with van der Waals surface area (Å²) < 4.78 is 24.7. The third kappa shape index (κ3) is 4.03. The van der Waals surface area contributed by atoms with Crippen LogP contribution in [0, 0.1) is 12.7 Å². The molecule has 0 saturated carbocycles. The van der Waals surface area contributed by atoms with Gasteiger partial charge in [-0.1, -0.05) is 47.1 Å². The van der Waals surface area contributed by atoms with Gasteiger partial charge in [-0.3, -0.25) is 4.90 Å². The van der Waals surface area contributed by atoms with Crippen LogP contribution in [-0.2, 0) is 6.54 Å². The Hall–Kier alpha value is -4.20. The maximum absolute atomic E-state index is 13.6. The normalized spacial score (nSPS) is 16.3. The van der Waals surface area contributed by atoms with Gasteiger partial charge < -0.3 is 14.3 Å². The fraction of sp³-hybridized carbons (Fsp3) is 0.160. The van der Waals surface area contributed by atoms with E-state index in [4.69, 9.17) is 8.94 Å². The molecule has 4 aromatic rings. The topological polar surface area (TPSA) is 84.4 Å². The highest BCUT2D eigenvalue weighted by atomic mass is 19.1. The summed E-state index contributed by atoms with van der Waals surface area (Å²) in [6.07, 6.45) is 1.56. The molecule has 2 amide bonds. The zero-order valence-corrected chi connectivity index (χ0v) is 18.1. The zero-order chi connectivity index (χ0) is 22.9. The van der Waals surface area contributed by atoms with Gasteiger partial charge >= 0.3 is 6.03 Å². The van der Waals surface area contributed by atoms with E-state index in [0.717, 1.165) is 11.1 Å². The number of nitrogens with one attached hydrogen (secondary N) is 1. The summed E-state index contributed by atoms with van der Waals surface area (Å²) in [5.74, 6) is 0.997. The summed E-state index contributed by atoms with van der Waals surface area (Å²) in [6.45, 7) is 4.07. The molecule has 8 heteroatoms. The van der Waals surface area contributed by atoms with Crippen LogP contribution in [0.1, 0.15) is 35.7 Å². The molecule has 33 heavy (non-hydrogen) atoms. The Morgan fingerprint density at radius 2 is 1.82 bits per heavy atom. The van der Waals surface area contributed by atoms with Gasteiger partial charge in [0, 0.05) is 11.3 Å². The zero-order valence-electron chi connectivity index (χ0n) is 18.1. The number of furan rings is 1. The first-order chi connectivity index (χ1) is 16.0. The number of hydrogen-bond donors (Lipinski definition) is 1. The molecule has 1 aliphatic heterocycles. The summed E-state index contributed by atoms with van der Waals surface area (Å²) in [6, 6.07) is 16.5. The van der Waals surface area contributed by atoms with Crippen molar-refractivity contribution in [3.63, 3.8) is 0 Å². The number of hydrogen-bond acceptors (Lipinski definition) is 5. The van der Waals surface area contributed by atoms with Crippen LogP contribution in [0.5, 0.6) is 0 Å². The number of benzene rings is 2. The number of allylic oxidation sites excluding steroid dienone is 1. The van der Waals surface area contributed by atoms with Crippen molar-refractivity contribution >= 4 is 11.6 Å². The lowest BCUT2D eigenvalue weighted by molar-refractivity contribution is 0.199. The Balaban J connectivity index is 1.59. The monoisotopic (exact) mass is 444 g/mol. The van der Waals surface area contributed by atoms with Gasteiger partial charge in [0.1, 0.15) is 11.6 Å². The van der Waals surface area contributed by atoms with Crippen molar-refractivity contribution in [2.45, 2.75) is 26.4 Å². The molecular weight excluding hydrogens is 423 g/mol. The average Bonchev–Trinajstić information content (AvgIpc) is 3.50. The standard InChI is InChI=1S/C25H21FN4O3/c1-15-5-7-18(8-6-15)23-28-24(33-29-23)21-16(2)30(14-20-4-3-13-32-20)25(31)27-22(21)17-9-11-19(26)12-10-17/h3-13,22H,14H2,1-2H3,(H,27,31). The molecule has 1 atom stereocenters. The molecule has 0 saturated heterocycles. The highest BCUT2D eigenvalue weighted by Gasteiger charge is 2.36. The van der Waals surface area contributed by atoms with Gasteiger partial charge in [0.05, 0.1) is 24.4 Å². The van der Waals surface area contributed by atoms with Crippen LogP contribution in [0.4, 0.5) is 9.18 Å². The molecule has 7 nitrogen and oxygen atoms in total. The Bertz CT molecular complexity index is 1310. The Labute approximate surface area is 189 Å². The molecule has 0 radical (unpaired) electrons. The molecular formula is C25H21FN4O3. The first kappa shape index (κ1) is 20.7. The predicted molar refractivity (Wildman–Crippen MR) is 119 cm³/mol. The van der Waals surface area contributed by atoms with E-state index in [-0.39, 0.29) is 24.3 Å². The number of rotatable bonds is 5. The van der Waals surface area contributed by atoms with Crippen molar-refractivity contribution in [2.24, 2.45) is 0 Å². The van der Waals surface area contributed by atoms with Crippen molar-refractivity contribution < 1.29 is 18.1 Å². The molecule has 166 valence electrons. The van der Waals surface area contributed by atoms with Crippen molar-refractivity contribution in [3.8, 4) is 11.4 Å². The lowest BCUT2D eigenvalue weighted by atomic mass is 9.94. The summed E-state index contributed by atoms with van der Waals surface area (Å²) >= 11 is 0. The number of nitrogens with zero attached hydrogens (tertiary/aromatic N) is 3. The second kappa shape index (κ2) is 8.38. The molecule has 3 heterocycles. The molecule has 5 rings (SSSR count). The van der Waals surface area contributed by atoms with E-state index in [2.05, 4.69) is 15.5 Å². The molecule has 0 fully saturated rings. The largest absolute Gasteiger partial charge is 0.467 e. The average molecular weight is 444 g/mol. The van der Waals surface area contributed by atoms with Crippen molar-refractivity contribution in [1.29, 1.82) is 0 Å².